The van der Waals surface area contributed by atoms with Crippen molar-refractivity contribution in [3.8, 4) is 16.9 Å². The largest absolute Gasteiger partial charge is 0.493 e. The second-order valence-electron chi connectivity index (χ2n) is 11.5. The third kappa shape index (κ3) is 8.63. The van der Waals surface area contributed by atoms with E-state index in [0.29, 0.717) is 38.2 Å². The van der Waals surface area contributed by atoms with Gasteiger partial charge in [-0.15, -0.1) is 0 Å². The number of hydrogen-bond donors (Lipinski definition) is 4. The van der Waals surface area contributed by atoms with Gasteiger partial charge in [-0.3, -0.25) is 14.0 Å². The van der Waals surface area contributed by atoms with E-state index in [4.69, 9.17) is 14.5 Å². The zero-order valence-electron chi connectivity index (χ0n) is 26.1. The molecule has 0 radical (unpaired) electrons. The lowest BCUT2D eigenvalue weighted by molar-refractivity contribution is -0.118. The molecule has 0 fully saturated rings. The predicted octanol–water partition coefficient (Wildman–Crippen LogP) is 5.65. The first-order valence-electron chi connectivity index (χ1n) is 15.4. The first-order chi connectivity index (χ1) is 22.1. The number of nitrogens with zero attached hydrogens (tertiary/aromatic N) is 3. The number of rotatable bonds is 12. The predicted molar refractivity (Wildman–Crippen MR) is 178 cm³/mol. The second-order valence-corrected chi connectivity index (χ2v) is 13.3. The van der Waals surface area contributed by atoms with Crippen molar-refractivity contribution < 1.29 is 28.7 Å². The molecule has 4 N–H and O–H groups in total. The molecule has 3 amide bonds. The molecule has 0 spiro atoms. The van der Waals surface area contributed by atoms with Gasteiger partial charge in [0.25, 0.3) is 0 Å². The van der Waals surface area contributed by atoms with Crippen LogP contribution in [0.15, 0.2) is 73.1 Å². The Bertz CT molecular complexity index is 1750. The molecule has 46 heavy (non-hydrogen) atoms. The molecule has 0 saturated carbocycles. The fourth-order valence-corrected chi connectivity index (χ4v) is 5.99. The van der Waals surface area contributed by atoms with Gasteiger partial charge < -0.3 is 30.1 Å². The summed E-state index contributed by atoms with van der Waals surface area (Å²) in [5, 5.41) is 9.71. The first kappa shape index (κ1) is 32.9. The van der Waals surface area contributed by atoms with E-state index < -0.39 is 19.8 Å². The number of fused-ring (bicyclic) bond motifs is 1. The fraction of sp³-hybridized carbons (Fsp3) is 0.324. The van der Waals surface area contributed by atoms with Crippen molar-refractivity contribution >= 4 is 30.9 Å². The highest BCUT2D eigenvalue weighted by molar-refractivity contribution is 7.51. The molecule has 1 aromatic heterocycles. The third-order valence-corrected chi connectivity index (χ3v) is 8.87. The van der Waals surface area contributed by atoms with Gasteiger partial charge in [-0.05, 0) is 85.2 Å². The van der Waals surface area contributed by atoms with Gasteiger partial charge in [0.05, 0.1) is 25.5 Å². The van der Waals surface area contributed by atoms with Crippen LogP contribution in [0.1, 0.15) is 41.5 Å². The summed E-state index contributed by atoms with van der Waals surface area (Å²) in [6.45, 7) is 5.62. The molecule has 12 heteroatoms. The van der Waals surface area contributed by atoms with Gasteiger partial charge in [0, 0.05) is 42.6 Å². The number of anilines is 2. The van der Waals surface area contributed by atoms with E-state index in [1.165, 1.54) is 5.56 Å². The quantitative estimate of drug-likeness (QED) is 0.115. The Labute approximate surface area is 268 Å². The van der Waals surface area contributed by atoms with Gasteiger partial charge in [-0.2, -0.15) is 5.10 Å². The average Bonchev–Trinajstić information content (AvgIpc) is 3.48. The van der Waals surface area contributed by atoms with Crippen molar-refractivity contribution in [1.82, 2.24) is 15.1 Å². The van der Waals surface area contributed by atoms with Crippen molar-refractivity contribution in [3.63, 3.8) is 0 Å². The van der Waals surface area contributed by atoms with Crippen LogP contribution >= 0.6 is 7.60 Å². The number of ether oxygens (including phenoxy) is 1. The number of amides is 3. The van der Waals surface area contributed by atoms with Crippen LogP contribution in [0.3, 0.4) is 0 Å². The number of carbonyl (C=O) groups excluding carboxylic acids is 2. The van der Waals surface area contributed by atoms with Crippen LogP contribution in [0.4, 0.5) is 16.2 Å². The Hall–Kier alpha value is -4.44. The van der Waals surface area contributed by atoms with Crippen molar-refractivity contribution in [2.24, 2.45) is 0 Å². The minimum absolute atomic E-state index is 0.0994. The summed E-state index contributed by atoms with van der Waals surface area (Å²) < 4.78 is 18.8. The average molecular weight is 646 g/mol. The highest BCUT2D eigenvalue weighted by Gasteiger charge is 2.25. The Kier molecular flexibility index (Phi) is 10.6. The number of carbonyl (C=O) groups is 2. The summed E-state index contributed by atoms with van der Waals surface area (Å²) in [7, 11) is -4.18. The third-order valence-electron chi connectivity index (χ3n) is 8.06. The number of aryl methyl sites for hydroxylation is 1. The molecule has 1 aliphatic rings. The topological polar surface area (TPSA) is 146 Å². The molecule has 11 nitrogen and oxygen atoms in total. The van der Waals surface area contributed by atoms with Crippen LogP contribution < -0.4 is 20.3 Å². The Morgan fingerprint density at radius 2 is 1.87 bits per heavy atom. The zero-order chi connectivity index (χ0) is 32.7. The molecule has 0 aliphatic carbocycles. The zero-order valence-corrected chi connectivity index (χ0v) is 27.0. The van der Waals surface area contributed by atoms with Crippen LogP contribution in [0.25, 0.3) is 11.1 Å². The van der Waals surface area contributed by atoms with Gasteiger partial charge in [0.15, 0.2) is 0 Å². The van der Waals surface area contributed by atoms with Crippen molar-refractivity contribution in [1.29, 1.82) is 0 Å². The van der Waals surface area contributed by atoms with Gasteiger partial charge in [-0.25, -0.2) is 4.79 Å². The molecule has 1 aliphatic heterocycles. The van der Waals surface area contributed by atoms with Crippen molar-refractivity contribution in [2.75, 3.05) is 36.1 Å². The van der Waals surface area contributed by atoms with Gasteiger partial charge >= 0.3 is 13.6 Å². The minimum Gasteiger partial charge on any atom is -0.493 e. The van der Waals surface area contributed by atoms with Gasteiger partial charge in [-0.1, -0.05) is 36.4 Å². The van der Waals surface area contributed by atoms with Crippen LogP contribution in [-0.2, 0) is 22.3 Å². The number of nitrogens with one attached hydrogen (secondary N) is 2. The van der Waals surface area contributed by atoms with Crippen LogP contribution in [0.5, 0.6) is 5.75 Å². The minimum atomic E-state index is -4.18. The molecular formula is C34H40N5O6P. The second kappa shape index (κ2) is 14.8. The number of aromatic nitrogens is 2. The molecule has 0 bridgehead atoms. The molecule has 242 valence electrons. The maximum atomic E-state index is 13.3. The van der Waals surface area contributed by atoms with Crippen LogP contribution in [-0.4, -0.2) is 57.4 Å². The van der Waals surface area contributed by atoms with E-state index >= 15 is 0 Å². The molecule has 0 unspecified atom stereocenters. The molecule has 0 atom stereocenters. The van der Waals surface area contributed by atoms with E-state index in [9.17, 15) is 14.2 Å². The van der Waals surface area contributed by atoms with Gasteiger partial charge in [0.1, 0.15) is 5.75 Å². The number of urea groups is 1. The van der Waals surface area contributed by atoms with E-state index in [0.717, 1.165) is 52.1 Å². The Morgan fingerprint density at radius 3 is 2.70 bits per heavy atom. The SMILES string of the molecule is Cc1cccc(OCCCC(=O)N2CCCc3c(-c4cnn(Cc5cccc(NC(=O)NCCP(=O)(O)O)c5)c4)cccc32)c1C. The lowest BCUT2D eigenvalue weighted by Crippen LogP contribution is -2.35. The Morgan fingerprint density at radius 1 is 1.07 bits per heavy atom. The van der Waals surface area contributed by atoms with Crippen molar-refractivity contribution in [3.05, 3.63) is 95.3 Å². The summed E-state index contributed by atoms with van der Waals surface area (Å²) in [6.07, 6.45) is 6.20. The van der Waals surface area contributed by atoms with Crippen LogP contribution in [0.2, 0.25) is 0 Å². The van der Waals surface area contributed by atoms with E-state index in [1.807, 2.05) is 71.4 Å². The van der Waals surface area contributed by atoms with Crippen LogP contribution in [0, 0.1) is 13.8 Å². The van der Waals surface area contributed by atoms with Crippen molar-refractivity contribution in [2.45, 2.75) is 46.1 Å². The first-order valence-corrected chi connectivity index (χ1v) is 17.2. The smallest absolute Gasteiger partial charge is 0.327 e. The highest BCUT2D eigenvalue weighted by atomic mass is 31.2. The maximum absolute atomic E-state index is 13.3. The summed E-state index contributed by atoms with van der Waals surface area (Å²) in [6, 6.07) is 18.9. The fourth-order valence-electron chi connectivity index (χ4n) is 5.59. The summed E-state index contributed by atoms with van der Waals surface area (Å²) in [5.41, 5.74) is 7.89. The standard InChI is InChI=1S/C34H40N5O6P/c1-24-8-3-14-32(25(24)2)45-18-7-15-33(40)39-17-6-12-30-29(11-5-13-31(30)39)27-21-36-38(23-27)22-26-9-4-10-28(20-26)37-34(41)35-16-19-46(42,43)44/h3-5,8-11,13-14,20-21,23H,6-7,12,15-19,22H2,1-2H3,(H2,35,37,41)(H2,42,43,44). The molecule has 5 rings (SSSR count). The molecule has 0 saturated heterocycles. The Balaban J connectivity index is 1.20. The molecular weight excluding hydrogens is 605 g/mol. The molecule has 3 aromatic carbocycles. The number of benzene rings is 3. The van der Waals surface area contributed by atoms with E-state index in [1.54, 1.807) is 6.07 Å². The van der Waals surface area contributed by atoms with E-state index in [-0.39, 0.29) is 12.5 Å². The highest BCUT2D eigenvalue weighted by Crippen LogP contribution is 2.36. The lowest BCUT2D eigenvalue weighted by atomic mass is 9.93. The lowest BCUT2D eigenvalue weighted by Gasteiger charge is -2.31. The molecule has 2 heterocycles. The van der Waals surface area contributed by atoms with Gasteiger partial charge in [0.2, 0.25) is 5.91 Å². The normalized spacial score (nSPS) is 12.8. The summed E-state index contributed by atoms with van der Waals surface area (Å²) in [5.74, 6) is 0.966. The summed E-state index contributed by atoms with van der Waals surface area (Å²) >= 11 is 0. The molecule has 4 aromatic rings. The maximum Gasteiger partial charge on any atom is 0.327 e. The van der Waals surface area contributed by atoms with E-state index in [2.05, 4.69) is 34.8 Å². The summed E-state index contributed by atoms with van der Waals surface area (Å²) in [4.78, 5) is 45.3. The monoisotopic (exact) mass is 645 g/mol. The number of hydrogen-bond acceptors (Lipinski definition) is 5.